The van der Waals surface area contributed by atoms with Gasteiger partial charge in [0.25, 0.3) is 0 Å². The van der Waals surface area contributed by atoms with Crippen LogP contribution < -0.4 is 0 Å². The number of phenolic OH excluding ortho intramolecular Hbond substituents is 7. The molecule has 9 aromatic carbocycles. The van der Waals surface area contributed by atoms with E-state index < -0.39 is 40.2 Å². The van der Waals surface area contributed by atoms with E-state index in [-0.39, 0.29) is 38.2 Å². The van der Waals surface area contributed by atoms with Gasteiger partial charge in [0.15, 0.2) is 23.0 Å². The molecule has 54 heavy (non-hydrogen) atoms. The summed E-state index contributed by atoms with van der Waals surface area (Å²) in [6, 6.07) is 38.4. The third kappa shape index (κ3) is 4.07. The first-order valence-electron chi connectivity index (χ1n) is 17.2. The van der Waals surface area contributed by atoms with Gasteiger partial charge >= 0.3 is 0 Å². The zero-order chi connectivity index (χ0) is 37.0. The third-order valence-corrected chi connectivity index (χ3v) is 10.6. The van der Waals surface area contributed by atoms with Crippen LogP contribution in [0.25, 0.3) is 98.4 Å². The number of fused-ring (bicyclic) bond motifs is 8. The average Bonchev–Trinajstić information content (AvgIpc) is 3.60. The first-order chi connectivity index (χ1) is 26.3. The van der Waals surface area contributed by atoms with Crippen molar-refractivity contribution in [2.45, 2.75) is 0 Å². The third-order valence-electron chi connectivity index (χ3n) is 10.6. The van der Waals surface area contributed by atoms with Gasteiger partial charge in [-0.05, 0) is 45.0 Å². The van der Waals surface area contributed by atoms with E-state index in [2.05, 4.69) is 0 Å². The molecule has 0 unspecified atom stereocenters. The van der Waals surface area contributed by atoms with Crippen molar-refractivity contribution < 1.29 is 40.2 Å². The number of phenols is 7. The average molecular weight is 709 g/mol. The molecule has 10 aromatic rings. The summed E-state index contributed by atoms with van der Waals surface area (Å²) in [6.07, 6.45) is 0. The lowest BCUT2D eigenvalue weighted by atomic mass is 9.81. The summed E-state index contributed by atoms with van der Waals surface area (Å²) in [7, 11) is 0. The number of benzene rings is 9. The van der Waals surface area contributed by atoms with Gasteiger partial charge in [0.1, 0.15) is 16.9 Å². The maximum Gasteiger partial charge on any atom is 0.204 e. The summed E-state index contributed by atoms with van der Waals surface area (Å²) in [5.41, 5.74) is 2.40. The van der Waals surface area contributed by atoms with E-state index in [0.717, 1.165) is 16.2 Å². The number of hydrogen-bond donors (Lipinski definition) is 7. The molecule has 0 aliphatic heterocycles. The van der Waals surface area contributed by atoms with E-state index >= 15 is 0 Å². The van der Waals surface area contributed by atoms with Crippen LogP contribution >= 0.6 is 0 Å². The van der Waals surface area contributed by atoms with Crippen molar-refractivity contribution in [3.05, 3.63) is 127 Å². The molecule has 0 amide bonds. The summed E-state index contributed by atoms with van der Waals surface area (Å²) in [4.78, 5) is 0. The molecule has 7 N–H and O–H groups in total. The van der Waals surface area contributed by atoms with Crippen LogP contribution in [-0.4, -0.2) is 35.7 Å². The Labute approximate surface area is 305 Å². The van der Waals surface area contributed by atoms with Crippen LogP contribution in [0.15, 0.2) is 132 Å². The summed E-state index contributed by atoms with van der Waals surface area (Å²) >= 11 is 0. The minimum Gasteiger partial charge on any atom is -0.506 e. The van der Waals surface area contributed by atoms with Gasteiger partial charge in [-0.2, -0.15) is 0 Å². The van der Waals surface area contributed by atoms with E-state index in [4.69, 9.17) is 4.42 Å². The zero-order valence-corrected chi connectivity index (χ0v) is 28.2. The Morgan fingerprint density at radius 1 is 0.315 bits per heavy atom. The van der Waals surface area contributed by atoms with E-state index in [9.17, 15) is 35.7 Å². The molecule has 1 aromatic heterocycles. The molecule has 0 bridgehead atoms. The van der Waals surface area contributed by atoms with Gasteiger partial charge < -0.3 is 40.2 Å². The van der Waals surface area contributed by atoms with Crippen LogP contribution in [-0.2, 0) is 0 Å². The predicted molar refractivity (Wildman–Crippen MR) is 212 cm³/mol. The van der Waals surface area contributed by atoms with Crippen LogP contribution in [0.3, 0.4) is 0 Å². The van der Waals surface area contributed by atoms with E-state index in [0.29, 0.717) is 44.0 Å². The lowest BCUT2D eigenvalue weighted by Gasteiger charge is -2.24. The molecule has 10 rings (SSSR count). The van der Waals surface area contributed by atoms with Gasteiger partial charge in [0, 0.05) is 48.8 Å². The Morgan fingerprint density at radius 3 is 1.57 bits per heavy atom. The molecule has 0 fully saturated rings. The van der Waals surface area contributed by atoms with Crippen molar-refractivity contribution in [3.8, 4) is 73.6 Å². The van der Waals surface area contributed by atoms with Crippen LogP contribution in [0.5, 0.6) is 40.2 Å². The lowest BCUT2D eigenvalue weighted by Crippen LogP contribution is -1.96. The van der Waals surface area contributed by atoms with Crippen molar-refractivity contribution in [1.29, 1.82) is 0 Å². The van der Waals surface area contributed by atoms with Crippen molar-refractivity contribution in [2.75, 3.05) is 0 Å². The Bertz CT molecular complexity index is 3230. The fourth-order valence-corrected chi connectivity index (χ4v) is 8.26. The highest BCUT2D eigenvalue weighted by molar-refractivity contribution is 6.32. The van der Waals surface area contributed by atoms with E-state index in [1.807, 2.05) is 66.7 Å². The van der Waals surface area contributed by atoms with Crippen LogP contribution in [0.2, 0.25) is 0 Å². The van der Waals surface area contributed by atoms with Crippen molar-refractivity contribution in [1.82, 2.24) is 0 Å². The molecule has 0 saturated carbocycles. The number of furan rings is 1. The normalized spacial score (nSPS) is 11.9. The van der Waals surface area contributed by atoms with E-state index in [1.54, 1.807) is 60.7 Å². The molecule has 8 heteroatoms. The molecule has 260 valence electrons. The van der Waals surface area contributed by atoms with E-state index in [1.165, 1.54) is 0 Å². The summed E-state index contributed by atoms with van der Waals surface area (Å²) in [6.45, 7) is 0. The molecule has 0 spiro atoms. The monoisotopic (exact) mass is 708 g/mol. The SMILES string of the molecule is Oc1c(O)c(O)c2c(-c3cccc4oc5c6ccccc6ccc5c34)c3c(O)c(-c4cccc5ccccc45)c(O)c(O)c3c(-c3ccccc3)c2c1O. The first kappa shape index (κ1) is 31.2. The van der Waals surface area contributed by atoms with Gasteiger partial charge in [0.2, 0.25) is 11.5 Å². The molecule has 0 saturated heterocycles. The minimum atomic E-state index is -0.985. The van der Waals surface area contributed by atoms with Crippen molar-refractivity contribution >= 4 is 65.0 Å². The van der Waals surface area contributed by atoms with Gasteiger partial charge in [-0.15, -0.1) is 0 Å². The van der Waals surface area contributed by atoms with Crippen LogP contribution in [0.1, 0.15) is 0 Å². The zero-order valence-electron chi connectivity index (χ0n) is 28.2. The summed E-state index contributed by atoms with van der Waals surface area (Å²) < 4.78 is 6.50. The molecule has 0 atom stereocenters. The van der Waals surface area contributed by atoms with Crippen LogP contribution in [0, 0.1) is 0 Å². The smallest absolute Gasteiger partial charge is 0.204 e. The molecule has 0 aliphatic rings. The second-order valence-corrected chi connectivity index (χ2v) is 13.4. The standard InChI is InChI=1S/C46H28O8/c47-39-34(27-17-8-14-22-10-4-6-15-25(22)27)40(48)41(49)35-31(24-12-2-1-3-13-24)36-38(43(51)45(53)44(52)42(36)50)33(37(35)39)28-18-9-19-30-32(28)29-21-20-23-11-5-7-16-26(23)46(29)54-30/h1-21,47-53H. The lowest BCUT2D eigenvalue weighted by molar-refractivity contribution is 0.351. The molecular formula is C46H28O8. The minimum absolute atomic E-state index is 0.00187. The van der Waals surface area contributed by atoms with Gasteiger partial charge in [-0.3, -0.25) is 0 Å². The summed E-state index contributed by atoms with van der Waals surface area (Å²) in [5, 5.41) is 87.1. The molecule has 8 nitrogen and oxygen atoms in total. The molecule has 0 aliphatic carbocycles. The number of hydrogen-bond acceptors (Lipinski definition) is 8. The van der Waals surface area contributed by atoms with Crippen LogP contribution in [0.4, 0.5) is 0 Å². The largest absolute Gasteiger partial charge is 0.506 e. The van der Waals surface area contributed by atoms with Crippen molar-refractivity contribution in [3.63, 3.8) is 0 Å². The second kappa shape index (κ2) is 11.2. The Balaban J connectivity index is 1.51. The van der Waals surface area contributed by atoms with Gasteiger partial charge in [0.05, 0.1) is 5.56 Å². The molecular weight excluding hydrogens is 680 g/mol. The molecule has 1 heterocycles. The Morgan fingerprint density at radius 2 is 0.852 bits per heavy atom. The quantitative estimate of drug-likeness (QED) is 0.0543. The number of aromatic hydroxyl groups is 7. The van der Waals surface area contributed by atoms with Crippen molar-refractivity contribution in [2.24, 2.45) is 0 Å². The summed E-state index contributed by atoms with van der Waals surface area (Å²) in [5.74, 6) is -5.20. The second-order valence-electron chi connectivity index (χ2n) is 13.4. The number of rotatable bonds is 3. The first-order valence-corrected chi connectivity index (χ1v) is 17.2. The highest BCUT2D eigenvalue weighted by Crippen LogP contribution is 2.62. The topological polar surface area (TPSA) is 155 Å². The highest BCUT2D eigenvalue weighted by Gasteiger charge is 2.33. The highest BCUT2D eigenvalue weighted by atomic mass is 16.3. The Hall–Kier alpha value is -7.58. The molecule has 0 radical (unpaired) electrons. The predicted octanol–water partition coefficient (Wildman–Crippen LogP) is 11.1. The fraction of sp³-hybridized carbons (Fsp3) is 0. The maximum atomic E-state index is 12.8. The Kier molecular flexibility index (Phi) is 6.47. The van der Waals surface area contributed by atoms with Gasteiger partial charge in [-0.1, -0.05) is 115 Å². The fourth-order valence-electron chi connectivity index (χ4n) is 8.26. The maximum absolute atomic E-state index is 12.8. The van der Waals surface area contributed by atoms with Gasteiger partial charge in [-0.25, -0.2) is 0 Å².